The van der Waals surface area contributed by atoms with Crippen molar-refractivity contribution in [2.24, 2.45) is 0 Å². The van der Waals surface area contributed by atoms with Gasteiger partial charge in [0.15, 0.2) is 5.82 Å². The molecule has 34 heavy (non-hydrogen) atoms. The molecule has 2 amide bonds. The summed E-state index contributed by atoms with van der Waals surface area (Å²) in [7, 11) is 0. The number of carbonyl (C=O) groups is 3. The Kier molecular flexibility index (Phi) is 6.91. The Morgan fingerprint density at radius 3 is 2.38 bits per heavy atom. The number of hydrogen-bond donors (Lipinski definition) is 4. The van der Waals surface area contributed by atoms with Gasteiger partial charge in [-0.05, 0) is 42.0 Å². The van der Waals surface area contributed by atoms with Gasteiger partial charge in [0.05, 0.1) is 0 Å². The monoisotopic (exact) mass is 462 g/mol. The summed E-state index contributed by atoms with van der Waals surface area (Å²) in [6, 6.07) is 17.4. The average Bonchev–Trinajstić information content (AvgIpc) is 3.40. The smallest absolute Gasteiger partial charge is 0.412 e. The van der Waals surface area contributed by atoms with E-state index in [1.54, 1.807) is 6.92 Å². The lowest BCUT2D eigenvalue weighted by Crippen LogP contribution is -2.32. The topological polar surface area (TPSA) is 133 Å². The van der Waals surface area contributed by atoms with Crippen LogP contribution >= 0.6 is 0 Å². The third-order valence-corrected chi connectivity index (χ3v) is 5.80. The van der Waals surface area contributed by atoms with Crippen molar-refractivity contribution in [3.05, 3.63) is 71.4 Å². The molecule has 176 valence electrons. The predicted octanol–water partition coefficient (Wildman–Crippen LogP) is 4.14. The summed E-state index contributed by atoms with van der Waals surface area (Å²) in [4.78, 5) is 35.3. The van der Waals surface area contributed by atoms with E-state index in [9.17, 15) is 14.4 Å². The number of carbonyl (C=O) groups excluding carboxylic acids is 2. The Balaban J connectivity index is 1.30. The van der Waals surface area contributed by atoms with Crippen LogP contribution in [0.3, 0.4) is 0 Å². The summed E-state index contributed by atoms with van der Waals surface area (Å²) in [5, 5.41) is 20.5. The third-order valence-electron chi connectivity index (χ3n) is 5.80. The Bertz CT molecular complexity index is 1160. The molecule has 0 saturated carbocycles. The number of rotatable bonds is 9. The standard InChI is InChI=1S/C25H26N4O5/c1-15(7-6-12-23(30)31)26-24(32)21-13-22(29-28-21)27-25(33)34-14-20-18-10-4-2-8-16(18)17-9-3-5-11-19(17)20/h2-5,8-11,13,15,20H,6-7,12,14H2,1H3,(H,26,32)(H,30,31)(H2,27,28,29,33). The maximum Gasteiger partial charge on any atom is 0.412 e. The molecule has 1 aromatic heterocycles. The second kappa shape index (κ2) is 10.2. The Labute approximate surface area is 196 Å². The van der Waals surface area contributed by atoms with Gasteiger partial charge in [-0.25, -0.2) is 4.79 Å². The van der Waals surface area contributed by atoms with Gasteiger partial charge in [0.25, 0.3) is 5.91 Å². The minimum atomic E-state index is -0.865. The molecule has 4 rings (SSSR count). The van der Waals surface area contributed by atoms with Gasteiger partial charge in [0.1, 0.15) is 12.3 Å². The number of benzene rings is 2. The van der Waals surface area contributed by atoms with Crippen LogP contribution in [-0.2, 0) is 9.53 Å². The van der Waals surface area contributed by atoms with Crippen LogP contribution in [0.1, 0.15) is 53.7 Å². The van der Waals surface area contributed by atoms with E-state index in [0.29, 0.717) is 12.8 Å². The highest BCUT2D eigenvalue weighted by Gasteiger charge is 2.29. The molecule has 0 saturated heterocycles. The Morgan fingerprint density at radius 1 is 1.09 bits per heavy atom. The minimum absolute atomic E-state index is 0.0540. The minimum Gasteiger partial charge on any atom is -0.481 e. The quantitative estimate of drug-likeness (QED) is 0.378. The van der Waals surface area contributed by atoms with Crippen molar-refractivity contribution in [3.8, 4) is 11.1 Å². The lowest BCUT2D eigenvalue weighted by Gasteiger charge is -2.14. The lowest BCUT2D eigenvalue weighted by molar-refractivity contribution is -0.137. The van der Waals surface area contributed by atoms with Gasteiger partial charge in [-0.1, -0.05) is 48.5 Å². The normalized spacial score (nSPS) is 13.0. The van der Waals surface area contributed by atoms with Crippen LogP contribution in [0.5, 0.6) is 0 Å². The Morgan fingerprint density at radius 2 is 1.74 bits per heavy atom. The number of nitrogens with zero attached hydrogens (tertiary/aromatic N) is 1. The molecular formula is C25H26N4O5. The van der Waals surface area contributed by atoms with E-state index >= 15 is 0 Å². The Hall–Kier alpha value is -4.14. The van der Waals surface area contributed by atoms with Gasteiger partial charge >= 0.3 is 12.1 Å². The summed E-state index contributed by atoms with van der Waals surface area (Å²) in [5.74, 6) is -1.14. The van der Waals surface area contributed by atoms with Crippen LogP contribution in [0.25, 0.3) is 11.1 Å². The fraction of sp³-hybridized carbons (Fsp3) is 0.280. The van der Waals surface area contributed by atoms with Crippen LogP contribution in [-0.4, -0.2) is 45.9 Å². The van der Waals surface area contributed by atoms with Crippen molar-refractivity contribution in [1.82, 2.24) is 15.5 Å². The van der Waals surface area contributed by atoms with Gasteiger partial charge in [-0.15, -0.1) is 0 Å². The van der Waals surface area contributed by atoms with Crippen LogP contribution in [0, 0.1) is 0 Å². The van der Waals surface area contributed by atoms with Crippen molar-refractivity contribution in [2.75, 3.05) is 11.9 Å². The number of aliphatic carboxylic acids is 1. The molecular weight excluding hydrogens is 436 g/mol. The van der Waals surface area contributed by atoms with Crippen LogP contribution < -0.4 is 10.6 Å². The van der Waals surface area contributed by atoms with E-state index in [-0.39, 0.29) is 36.5 Å². The number of H-pyrrole nitrogens is 1. The number of carboxylic acids is 1. The molecule has 9 heteroatoms. The van der Waals surface area contributed by atoms with Gasteiger partial charge in [0, 0.05) is 24.4 Å². The highest BCUT2D eigenvalue weighted by atomic mass is 16.5. The number of carboxylic acid groups (broad SMARTS) is 1. The first-order chi connectivity index (χ1) is 16.4. The first-order valence-electron chi connectivity index (χ1n) is 11.1. The largest absolute Gasteiger partial charge is 0.481 e. The summed E-state index contributed by atoms with van der Waals surface area (Å²) >= 11 is 0. The number of anilines is 1. The molecule has 9 nitrogen and oxygen atoms in total. The number of ether oxygens (including phenoxy) is 1. The zero-order valence-corrected chi connectivity index (χ0v) is 18.7. The van der Waals surface area contributed by atoms with Crippen molar-refractivity contribution in [2.45, 2.75) is 38.1 Å². The number of hydrogen-bond acceptors (Lipinski definition) is 5. The second-order valence-electron chi connectivity index (χ2n) is 8.28. The number of nitrogens with one attached hydrogen (secondary N) is 3. The molecule has 1 unspecified atom stereocenters. The van der Waals surface area contributed by atoms with E-state index in [4.69, 9.17) is 9.84 Å². The SMILES string of the molecule is CC(CCCC(=O)O)NC(=O)c1cc(NC(=O)OCC2c3ccccc3-c3ccccc32)n[nH]1. The first-order valence-corrected chi connectivity index (χ1v) is 11.1. The van der Waals surface area contributed by atoms with Gasteiger partial charge in [-0.3, -0.25) is 20.0 Å². The predicted molar refractivity (Wildman–Crippen MR) is 126 cm³/mol. The highest BCUT2D eigenvalue weighted by Crippen LogP contribution is 2.44. The first kappa shape index (κ1) is 23.0. The van der Waals surface area contributed by atoms with Crippen LogP contribution in [0.2, 0.25) is 0 Å². The summed E-state index contributed by atoms with van der Waals surface area (Å²) in [5.41, 5.74) is 4.71. The molecule has 0 spiro atoms. The van der Waals surface area contributed by atoms with Crippen molar-refractivity contribution in [3.63, 3.8) is 0 Å². The molecule has 0 fully saturated rings. The van der Waals surface area contributed by atoms with E-state index in [0.717, 1.165) is 22.3 Å². The van der Waals surface area contributed by atoms with Gasteiger partial charge in [-0.2, -0.15) is 5.10 Å². The maximum absolute atomic E-state index is 12.4. The van der Waals surface area contributed by atoms with Gasteiger partial charge in [0.2, 0.25) is 0 Å². The van der Waals surface area contributed by atoms with E-state index < -0.39 is 18.0 Å². The summed E-state index contributed by atoms with van der Waals surface area (Å²) < 4.78 is 5.49. The summed E-state index contributed by atoms with van der Waals surface area (Å²) in [6.07, 6.45) is 0.395. The molecule has 0 bridgehead atoms. The molecule has 1 aliphatic rings. The molecule has 2 aromatic carbocycles. The van der Waals surface area contributed by atoms with Crippen molar-refractivity contribution < 1.29 is 24.2 Å². The number of fused-ring (bicyclic) bond motifs is 3. The molecule has 4 N–H and O–H groups in total. The fourth-order valence-corrected chi connectivity index (χ4v) is 4.17. The van der Waals surface area contributed by atoms with Crippen LogP contribution in [0.15, 0.2) is 54.6 Å². The lowest BCUT2D eigenvalue weighted by atomic mass is 9.98. The molecule has 0 aliphatic heterocycles. The van der Waals surface area contributed by atoms with E-state index in [1.807, 2.05) is 36.4 Å². The van der Waals surface area contributed by atoms with Crippen molar-refractivity contribution >= 4 is 23.8 Å². The zero-order valence-electron chi connectivity index (χ0n) is 18.7. The third kappa shape index (κ3) is 5.25. The molecule has 1 heterocycles. The molecule has 1 aliphatic carbocycles. The average molecular weight is 463 g/mol. The second-order valence-corrected chi connectivity index (χ2v) is 8.28. The van der Waals surface area contributed by atoms with Gasteiger partial charge < -0.3 is 15.2 Å². The fourth-order valence-electron chi connectivity index (χ4n) is 4.17. The maximum atomic E-state index is 12.4. The number of aromatic amines is 1. The highest BCUT2D eigenvalue weighted by molar-refractivity contribution is 5.94. The number of amides is 2. The molecule has 3 aromatic rings. The number of aromatic nitrogens is 2. The van der Waals surface area contributed by atoms with E-state index in [1.165, 1.54) is 6.07 Å². The molecule has 0 radical (unpaired) electrons. The van der Waals surface area contributed by atoms with E-state index in [2.05, 4.69) is 33.0 Å². The zero-order chi connectivity index (χ0) is 24.1. The molecule has 1 atom stereocenters. The van der Waals surface area contributed by atoms with Crippen molar-refractivity contribution in [1.29, 1.82) is 0 Å². The van der Waals surface area contributed by atoms with Crippen LogP contribution in [0.4, 0.5) is 10.6 Å². The summed E-state index contributed by atoms with van der Waals surface area (Å²) in [6.45, 7) is 1.97.